The summed E-state index contributed by atoms with van der Waals surface area (Å²) in [5.74, 6) is 0.916. The minimum atomic E-state index is -3.39. The van der Waals surface area contributed by atoms with Crippen molar-refractivity contribution in [2.24, 2.45) is 0 Å². The Kier molecular flexibility index (Phi) is 16.0. The van der Waals surface area contributed by atoms with Crippen molar-refractivity contribution in [1.82, 2.24) is 4.31 Å². The van der Waals surface area contributed by atoms with Gasteiger partial charge in [-0.3, -0.25) is 0 Å². The third-order valence-electron chi connectivity index (χ3n) is 7.70. The van der Waals surface area contributed by atoms with E-state index in [0.29, 0.717) is 13.1 Å². The van der Waals surface area contributed by atoms with Gasteiger partial charge in [-0.1, -0.05) is 117 Å². The summed E-state index contributed by atoms with van der Waals surface area (Å²) < 4.78 is 35.5. The fourth-order valence-corrected chi connectivity index (χ4v) is 6.04. The van der Waals surface area contributed by atoms with Crippen LogP contribution in [-0.4, -0.2) is 25.6 Å². The highest BCUT2D eigenvalue weighted by Gasteiger charge is 2.23. The van der Waals surface area contributed by atoms with Crippen molar-refractivity contribution in [3.8, 4) is 5.75 Å². The minimum Gasteiger partial charge on any atom is -0.493 e. The molecule has 0 atom stereocenters. The first-order valence-corrected chi connectivity index (χ1v) is 18.1. The van der Waals surface area contributed by atoms with E-state index in [4.69, 9.17) is 4.74 Å². The SMILES string of the molecule is CCCCCCCCCCCCCCOc1ccc(CN(Cc2ccc[n+](CCC)c2)S(C)(=O)=O)cc1C(C)(C)C. The molecule has 0 aliphatic carbocycles. The number of ether oxygens (including phenoxy) is 1. The molecule has 0 N–H and O–H groups in total. The standard InChI is InChI=1S/C35H59N2O3S/c1-7-9-10-11-12-13-14-15-16-17-18-19-26-40-34-23-22-31(27-33(34)35(3,4)5)29-37(41(6,38)39)30-32-21-20-25-36(28-32)24-8-2/h20-23,25,27-28H,7-19,24,26,29-30H2,1-6H3/q+1. The summed E-state index contributed by atoms with van der Waals surface area (Å²) in [7, 11) is -3.39. The van der Waals surface area contributed by atoms with Gasteiger partial charge in [-0.2, -0.15) is 4.31 Å². The summed E-state index contributed by atoms with van der Waals surface area (Å²) >= 11 is 0. The number of aromatic nitrogens is 1. The Morgan fingerprint density at radius 1 is 0.780 bits per heavy atom. The van der Waals surface area contributed by atoms with Crippen LogP contribution in [-0.2, 0) is 35.1 Å². The molecule has 0 spiro atoms. The van der Waals surface area contributed by atoms with Crippen LogP contribution in [0.4, 0.5) is 0 Å². The number of nitrogens with zero attached hydrogens (tertiary/aromatic N) is 2. The fourth-order valence-electron chi connectivity index (χ4n) is 5.28. The molecule has 232 valence electrons. The summed E-state index contributed by atoms with van der Waals surface area (Å²) in [6.07, 6.45) is 22.4. The smallest absolute Gasteiger partial charge is 0.211 e. The van der Waals surface area contributed by atoms with E-state index in [1.165, 1.54) is 76.9 Å². The van der Waals surface area contributed by atoms with Gasteiger partial charge < -0.3 is 4.74 Å². The van der Waals surface area contributed by atoms with Crippen molar-refractivity contribution in [1.29, 1.82) is 0 Å². The first-order chi connectivity index (χ1) is 19.5. The van der Waals surface area contributed by atoms with Crippen molar-refractivity contribution in [2.75, 3.05) is 12.9 Å². The van der Waals surface area contributed by atoms with E-state index in [1.54, 1.807) is 4.31 Å². The van der Waals surface area contributed by atoms with Crippen LogP contribution in [0.25, 0.3) is 0 Å². The van der Waals surface area contributed by atoms with Gasteiger partial charge in [-0.15, -0.1) is 0 Å². The third-order valence-corrected chi connectivity index (χ3v) is 8.89. The molecule has 2 aromatic rings. The molecular formula is C35H59N2O3S+. The number of benzene rings is 1. The van der Waals surface area contributed by atoms with Gasteiger partial charge in [-0.25, -0.2) is 13.0 Å². The molecule has 0 fully saturated rings. The molecule has 0 saturated heterocycles. The molecule has 2 rings (SSSR count). The van der Waals surface area contributed by atoms with Crippen LogP contribution in [0.2, 0.25) is 0 Å². The maximum absolute atomic E-state index is 12.7. The van der Waals surface area contributed by atoms with E-state index in [0.717, 1.165) is 48.4 Å². The van der Waals surface area contributed by atoms with Gasteiger partial charge in [0.05, 0.1) is 12.9 Å². The van der Waals surface area contributed by atoms with E-state index in [9.17, 15) is 8.42 Å². The molecule has 0 radical (unpaired) electrons. The number of hydrogen-bond acceptors (Lipinski definition) is 3. The fraction of sp³-hybridized carbons (Fsp3) is 0.686. The monoisotopic (exact) mass is 587 g/mol. The molecule has 1 aromatic carbocycles. The van der Waals surface area contributed by atoms with Gasteiger partial charge in [0.15, 0.2) is 12.4 Å². The van der Waals surface area contributed by atoms with Gasteiger partial charge in [-0.05, 0) is 35.1 Å². The van der Waals surface area contributed by atoms with Crippen LogP contribution >= 0.6 is 0 Å². The van der Waals surface area contributed by atoms with Gasteiger partial charge in [0.1, 0.15) is 12.3 Å². The average Bonchev–Trinajstić information content (AvgIpc) is 2.91. The average molecular weight is 588 g/mol. The van der Waals surface area contributed by atoms with Crippen molar-refractivity contribution >= 4 is 10.0 Å². The topological polar surface area (TPSA) is 50.5 Å². The molecular weight excluding hydrogens is 528 g/mol. The second-order valence-corrected chi connectivity index (χ2v) is 14.8. The molecule has 1 aromatic heterocycles. The van der Waals surface area contributed by atoms with Crippen LogP contribution in [0.15, 0.2) is 42.7 Å². The van der Waals surface area contributed by atoms with Crippen LogP contribution < -0.4 is 9.30 Å². The second-order valence-electron chi connectivity index (χ2n) is 12.8. The highest BCUT2D eigenvalue weighted by Crippen LogP contribution is 2.33. The Balaban J connectivity index is 1.89. The van der Waals surface area contributed by atoms with Gasteiger partial charge >= 0.3 is 0 Å². The molecule has 5 nitrogen and oxygen atoms in total. The summed E-state index contributed by atoms with van der Waals surface area (Å²) in [6, 6.07) is 10.2. The second kappa shape index (κ2) is 18.6. The highest BCUT2D eigenvalue weighted by atomic mass is 32.2. The lowest BCUT2D eigenvalue weighted by atomic mass is 9.85. The van der Waals surface area contributed by atoms with E-state index in [2.05, 4.69) is 51.4 Å². The summed E-state index contributed by atoms with van der Waals surface area (Å²) in [4.78, 5) is 0. The molecule has 6 heteroatoms. The first kappa shape index (κ1) is 35.3. The number of unbranched alkanes of at least 4 members (excludes halogenated alkanes) is 11. The van der Waals surface area contributed by atoms with Crippen LogP contribution in [0, 0.1) is 0 Å². The van der Waals surface area contributed by atoms with Crippen molar-refractivity contribution in [3.63, 3.8) is 0 Å². The van der Waals surface area contributed by atoms with Crippen molar-refractivity contribution in [3.05, 3.63) is 59.4 Å². The zero-order valence-electron chi connectivity index (χ0n) is 27.1. The largest absolute Gasteiger partial charge is 0.493 e. The normalized spacial score (nSPS) is 12.3. The third kappa shape index (κ3) is 14.2. The van der Waals surface area contributed by atoms with E-state index >= 15 is 0 Å². The maximum atomic E-state index is 12.7. The molecule has 0 unspecified atom stereocenters. The Bertz CT molecular complexity index is 1110. The lowest BCUT2D eigenvalue weighted by molar-refractivity contribution is -0.697. The Labute approximate surface area is 252 Å². The zero-order valence-corrected chi connectivity index (χ0v) is 27.9. The van der Waals surface area contributed by atoms with Gasteiger partial charge in [0.2, 0.25) is 10.0 Å². The lowest BCUT2D eigenvalue weighted by Crippen LogP contribution is -2.35. The van der Waals surface area contributed by atoms with E-state index in [-0.39, 0.29) is 5.41 Å². The Morgan fingerprint density at radius 3 is 1.93 bits per heavy atom. The summed E-state index contributed by atoms with van der Waals surface area (Å²) in [5.41, 5.74) is 2.99. The molecule has 41 heavy (non-hydrogen) atoms. The Morgan fingerprint density at radius 2 is 1.37 bits per heavy atom. The number of sulfonamides is 1. The molecule has 0 aliphatic heterocycles. The van der Waals surface area contributed by atoms with Crippen LogP contribution in [0.5, 0.6) is 5.75 Å². The van der Waals surface area contributed by atoms with E-state index in [1.807, 2.05) is 30.5 Å². The van der Waals surface area contributed by atoms with E-state index < -0.39 is 10.0 Å². The summed E-state index contributed by atoms with van der Waals surface area (Å²) in [6.45, 7) is 13.3. The Hall–Kier alpha value is -1.92. The first-order valence-electron chi connectivity index (χ1n) is 16.2. The molecule has 0 amide bonds. The summed E-state index contributed by atoms with van der Waals surface area (Å²) in [5, 5.41) is 0. The van der Waals surface area contributed by atoms with Gasteiger partial charge in [0.25, 0.3) is 0 Å². The quantitative estimate of drug-likeness (QED) is 0.108. The number of pyridine rings is 1. The number of aryl methyl sites for hydroxylation is 1. The van der Waals surface area contributed by atoms with Crippen molar-refractivity contribution < 1.29 is 17.7 Å². The molecule has 0 bridgehead atoms. The van der Waals surface area contributed by atoms with Crippen LogP contribution in [0.3, 0.4) is 0 Å². The molecule has 0 saturated carbocycles. The molecule has 1 heterocycles. The lowest BCUT2D eigenvalue weighted by Gasteiger charge is -2.25. The maximum Gasteiger partial charge on any atom is 0.211 e. The predicted octanol–water partition coefficient (Wildman–Crippen LogP) is 8.72. The number of rotatable bonds is 21. The highest BCUT2D eigenvalue weighted by molar-refractivity contribution is 7.88. The van der Waals surface area contributed by atoms with Gasteiger partial charge in [0, 0.05) is 31.1 Å². The zero-order chi connectivity index (χ0) is 30.1. The molecule has 0 aliphatic rings. The minimum absolute atomic E-state index is 0.108. The van der Waals surface area contributed by atoms with Crippen LogP contribution in [0.1, 0.15) is 135 Å². The van der Waals surface area contributed by atoms with Crippen molar-refractivity contribution in [2.45, 2.75) is 143 Å². The predicted molar refractivity (Wildman–Crippen MR) is 173 cm³/mol. The number of hydrogen-bond donors (Lipinski definition) is 0.